The number of carbonyl (C=O) groups excluding carboxylic acids is 1. The molecule has 0 aliphatic carbocycles. The first-order chi connectivity index (χ1) is 10.7. The molecule has 0 bridgehead atoms. The highest BCUT2D eigenvalue weighted by Crippen LogP contribution is 2.34. The quantitative estimate of drug-likeness (QED) is 0.520. The Labute approximate surface area is 136 Å². The molecule has 2 aromatic carbocycles. The van der Waals surface area contributed by atoms with Crippen LogP contribution in [0.4, 0.5) is 0 Å². The Morgan fingerprint density at radius 3 is 2.41 bits per heavy atom. The normalized spacial score (nSPS) is 13.5. The lowest BCUT2D eigenvalue weighted by molar-refractivity contribution is 0.431. The van der Waals surface area contributed by atoms with Gasteiger partial charge in [-0.1, -0.05) is 73.1 Å². The molecule has 2 nitrogen and oxygen atoms in total. The van der Waals surface area contributed by atoms with Crippen LogP contribution in [0.3, 0.4) is 0 Å². The number of halogens is 1. The summed E-state index contributed by atoms with van der Waals surface area (Å²) in [6.07, 6.45) is 7.17. The van der Waals surface area contributed by atoms with E-state index in [2.05, 4.69) is 4.99 Å². The molecule has 0 N–H and O–H groups in total. The Kier molecular flexibility index (Phi) is 5.71. The third kappa shape index (κ3) is 3.94. The molecule has 1 atom stereocenters. The van der Waals surface area contributed by atoms with Crippen LogP contribution in [-0.2, 0) is 10.3 Å². The number of hydrogen-bond donors (Lipinski definition) is 0. The van der Waals surface area contributed by atoms with E-state index in [4.69, 9.17) is 11.6 Å². The van der Waals surface area contributed by atoms with Crippen molar-refractivity contribution in [1.29, 1.82) is 0 Å². The Bertz CT molecular complexity index is 672. The molecule has 2 rings (SSSR count). The van der Waals surface area contributed by atoms with Crippen molar-refractivity contribution < 1.29 is 4.79 Å². The zero-order valence-electron chi connectivity index (χ0n) is 12.5. The standard InChI is InChI=1S/C19H18ClNO/c1-2-19(21-15-22,17-10-12-18(20)13-11-17)14-6-9-16-7-4-3-5-8-16/h3-13H,2,14H2,1H3. The maximum atomic E-state index is 10.9. The molecule has 0 aromatic heterocycles. The average molecular weight is 312 g/mol. The van der Waals surface area contributed by atoms with Crippen LogP contribution in [0.1, 0.15) is 30.9 Å². The van der Waals surface area contributed by atoms with Gasteiger partial charge in [-0.3, -0.25) is 0 Å². The molecule has 0 heterocycles. The van der Waals surface area contributed by atoms with Gasteiger partial charge >= 0.3 is 0 Å². The van der Waals surface area contributed by atoms with Crippen molar-refractivity contribution in [3.05, 3.63) is 76.8 Å². The van der Waals surface area contributed by atoms with Crippen molar-refractivity contribution >= 4 is 23.8 Å². The van der Waals surface area contributed by atoms with Gasteiger partial charge in [0.25, 0.3) is 0 Å². The average Bonchev–Trinajstić information content (AvgIpc) is 2.56. The number of isocyanates is 1. The molecule has 0 saturated carbocycles. The topological polar surface area (TPSA) is 29.4 Å². The maximum Gasteiger partial charge on any atom is 0.235 e. The molecule has 0 radical (unpaired) electrons. The Balaban J connectivity index is 2.27. The van der Waals surface area contributed by atoms with Gasteiger partial charge in [0.15, 0.2) is 0 Å². The van der Waals surface area contributed by atoms with Gasteiger partial charge in [-0.15, -0.1) is 0 Å². The summed E-state index contributed by atoms with van der Waals surface area (Å²) in [5.41, 5.74) is 1.51. The van der Waals surface area contributed by atoms with Crippen molar-refractivity contribution in [2.24, 2.45) is 4.99 Å². The largest absolute Gasteiger partial charge is 0.235 e. The number of benzene rings is 2. The van der Waals surface area contributed by atoms with Gasteiger partial charge in [0.05, 0.1) is 0 Å². The van der Waals surface area contributed by atoms with Crippen LogP contribution in [-0.4, -0.2) is 6.08 Å². The second-order valence-corrected chi connectivity index (χ2v) is 5.55. The highest BCUT2D eigenvalue weighted by Gasteiger charge is 2.28. The fraction of sp³-hybridized carbons (Fsp3) is 0.211. The SMILES string of the molecule is CCC(CC=Cc1ccccc1)(N=C=O)c1ccc(Cl)cc1. The fourth-order valence-electron chi connectivity index (χ4n) is 2.46. The minimum Gasteiger partial charge on any atom is -0.211 e. The van der Waals surface area contributed by atoms with Crippen LogP contribution in [0.25, 0.3) is 6.08 Å². The van der Waals surface area contributed by atoms with Crippen molar-refractivity contribution in [3.63, 3.8) is 0 Å². The Hall–Kier alpha value is -2.15. The number of aliphatic imine (C=N–C) groups is 1. The molecule has 1 unspecified atom stereocenters. The van der Waals surface area contributed by atoms with Gasteiger partial charge in [0.2, 0.25) is 6.08 Å². The second-order valence-electron chi connectivity index (χ2n) is 5.11. The van der Waals surface area contributed by atoms with E-state index in [1.807, 2.05) is 73.7 Å². The van der Waals surface area contributed by atoms with E-state index in [0.717, 1.165) is 11.1 Å². The fourth-order valence-corrected chi connectivity index (χ4v) is 2.58. The molecule has 22 heavy (non-hydrogen) atoms. The first-order valence-corrected chi connectivity index (χ1v) is 7.64. The first-order valence-electron chi connectivity index (χ1n) is 7.27. The lowest BCUT2D eigenvalue weighted by Gasteiger charge is -2.26. The summed E-state index contributed by atoms with van der Waals surface area (Å²) in [5, 5.41) is 0.670. The molecule has 112 valence electrons. The second kappa shape index (κ2) is 7.74. The van der Waals surface area contributed by atoms with Crippen molar-refractivity contribution in [3.8, 4) is 0 Å². The van der Waals surface area contributed by atoms with Crippen LogP contribution in [0.5, 0.6) is 0 Å². The van der Waals surface area contributed by atoms with Crippen molar-refractivity contribution in [2.75, 3.05) is 0 Å². The minimum absolute atomic E-state index is 0.586. The van der Waals surface area contributed by atoms with E-state index < -0.39 is 5.54 Å². The molecular weight excluding hydrogens is 294 g/mol. The van der Waals surface area contributed by atoms with Crippen LogP contribution in [0.15, 0.2) is 65.7 Å². The van der Waals surface area contributed by atoms with E-state index in [-0.39, 0.29) is 0 Å². The number of rotatable bonds is 6. The third-order valence-electron chi connectivity index (χ3n) is 3.79. The molecular formula is C19H18ClNO. The Morgan fingerprint density at radius 2 is 1.82 bits per heavy atom. The van der Waals surface area contributed by atoms with E-state index >= 15 is 0 Å². The summed E-state index contributed by atoms with van der Waals surface area (Å²) in [5.74, 6) is 0. The van der Waals surface area contributed by atoms with E-state index in [1.54, 1.807) is 6.08 Å². The number of hydrogen-bond acceptors (Lipinski definition) is 2. The minimum atomic E-state index is -0.586. The summed E-state index contributed by atoms with van der Waals surface area (Å²) in [6.45, 7) is 2.02. The van der Waals surface area contributed by atoms with Gasteiger partial charge in [-0.2, -0.15) is 4.99 Å². The van der Waals surface area contributed by atoms with Gasteiger partial charge in [0, 0.05) is 5.02 Å². The molecule has 2 aromatic rings. The lowest BCUT2D eigenvalue weighted by atomic mass is 9.84. The van der Waals surface area contributed by atoms with Crippen LogP contribution < -0.4 is 0 Å². The third-order valence-corrected chi connectivity index (χ3v) is 4.04. The van der Waals surface area contributed by atoms with Crippen LogP contribution >= 0.6 is 11.6 Å². The maximum absolute atomic E-state index is 10.9. The van der Waals surface area contributed by atoms with Gasteiger partial charge in [0.1, 0.15) is 5.54 Å². The first kappa shape index (κ1) is 16.2. The zero-order valence-corrected chi connectivity index (χ0v) is 13.3. The molecule has 0 amide bonds. The highest BCUT2D eigenvalue weighted by molar-refractivity contribution is 6.30. The lowest BCUT2D eigenvalue weighted by Crippen LogP contribution is -2.21. The molecule has 3 heteroatoms. The predicted octanol–water partition coefficient (Wildman–Crippen LogP) is 5.38. The van der Waals surface area contributed by atoms with Gasteiger partial charge in [-0.05, 0) is 36.1 Å². The van der Waals surface area contributed by atoms with E-state index in [9.17, 15) is 4.79 Å². The molecule has 0 saturated heterocycles. The van der Waals surface area contributed by atoms with Crippen molar-refractivity contribution in [1.82, 2.24) is 0 Å². The summed E-state index contributed by atoms with van der Waals surface area (Å²) < 4.78 is 0. The molecule has 0 aliphatic heterocycles. The molecule has 0 aliphatic rings. The monoisotopic (exact) mass is 311 g/mol. The zero-order chi connectivity index (χ0) is 15.8. The van der Waals surface area contributed by atoms with Crippen molar-refractivity contribution in [2.45, 2.75) is 25.3 Å². The Morgan fingerprint density at radius 1 is 1.14 bits per heavy atom. The predicted molar refractivity (Wildman–Crippen MR) is 91.6 cm³/mol. The van der Waals surface area contributed by atoms with E-state index in [0.29, 0.717) is 17.9 Å². The van der Waals surface area contributed by atoms with Gasteiger partial charge < -0.3 is 0 Å². The summed E-state index contributed by atoms with van der Waals surface area (Å²) in [4.78, 5) is 15.0. The summed E-state index contributed by atoms with van der Waals surface area (Å²) in [6, 6.07) is 17.5. The molecule has 0 spiro atoms. The highest BCUT2D eigenvalue weighted by atomic mass is 35.5. The van der Waals surface area contributed by atoms with Crippen LogP contribution in [0.2, 0.25) is 5.02 Å². The van der Waals surface area contributed by atoms with Gasteiger partial charge in [-0.25, -0.2) is 4.79 Å². The smallest absolute Gasteiger partial charge is 0.211 e. The summed E-state index contributed by atoms with van der Waals surface area (Å²) in [7, 11) is 0. The van der Waals surface area contributed by atoms with E-state index in [1.165, 1.54) is 0 Å². The summed E-state index contributed by atoms with van der Waals surface area (Å²) >= 11 is 5.94. The number of nitrogens with zero attached hydrogens (tertiary/aromatic N) is 1. The molecule has 0 fully saturated rings. The van der Waals surface area contributed by atoms with Crippen LogP contribution in [0, 0.1) is 0 Å².